The first-order valence-electron chi connectivity index (χ1n) is 10.1. The molecule has 2 aliphatic heterocycles. The van der Waals surface area contributed by atoms with Crippen molar-refractivity contribution in [1.82, 2.24) is 19.6 Å². The van der Waals surface area contributed by atoms with Crippen LogP contribution in [0.3, 0.4) is 0 Å². The Bertz CT molecular complexity index is 813. The molecule has 1 aliphatic carbocycles. The molecule has 0 unspecified atom stereocenters. The number of hydrogen-bond donors (Lipinski definition) is 0. The lowest BCUT2D eigenvalue weighted by Gasteiger charge is -2.36. The van der Waals surface area contributed by atoms with E-state index in [-0.39, 0.29) is 29.5 Å². The topological polar surface area (TPSA) is 75.5 Å². The van der Waals surface area contributed by atoms with E-state index in [1.54, 1.807) is 0 Å². The fourth-order valence-corrected chi connectivity index (χ4v) is 6.18. The van der Waals surface area contributed by atoms with Gasteiger partial charge in [0.05, 0.1) is 17.5 Å². The average Bonchev–Trinajstić information content (AvgIpc) is 3.25. The molecule has 0 N–H and O–H groups in total. The number of likely N-dealkylation sites (N-methyl/N-ethyl adjacent to an activating group) is 1. The van der Waals surface area contributed by atoms with Crippen molar-refractivity contribution in [2.24, 2.45) is 0 Å². The number of hydrogen-bond acceptors (Lipinski definition) is 5. The van der Waals surface area contributed by atoms with Gasteiger partial charge in [-0.25, -0.2) is 8.42 Å². The summed E-state index contributed by atoms with van der Waals surface area (Å²) in [6, 6.07) is 2.04. The monoisotopic (exact) mass is 394 g/mol. The Morgan fingerprint density at radius 2 is 2.00 bits per heavy atom. The van der Waals surface area contributed by atoms with Crippen LogP contribution in [0.15, 0.2) is 6.07 Å². The van der Waals surface area contributed by atoms with E-state index in [1.807, 2.05) is 29.7 Å². The van der Waals surface area contributed by atoms with Crippen LogP contribution in [0.4, 0.5) is 0 Å². The van der Waals surface area contributed by atoms with E-state index in [2.05, 4.69) is 10.00 Å². The smallest absolute Gasteiger partial charge is 0.274 e. The third-order valence-corrected chi connectivity index (χ3v) is 7.75. The van der Waals surface area contributed by atoms with Crippen molar-refractivity contribution in [3.8, 4) is 0 Å². The summed E-state index contributed by atoms with van der Waals surface area (Å²) in [6.07, 6.45) is 6.03. The third-order valence-electron chi connectivity index (χ3n) is 6.00. The fourth-order valence-electron chi connectivity index (χ4n) is 4.48. The average molecular weight is 395 g/mol. The van der Waals surface area contributed by atoms with E-state index in [0.717, 1.165) is 50.9 Å². The third kappa shape index (κ3) is 4.06. The summed E-state index contributed by atoms with van der Waals surface area (Å²) in [5, 5.41) is 4.66. The summed E-state index contributed by atoms with van der Waals surface area (Å²) in [5.41, 5.74) is 1.55. The van der Waals surface area contributed by atoms with Crippen LogP contribution in [0.25, 0.3) is 0 Å². The Morgan fingerprint density at radius 1 is 1.22 bits per heavy atom. The van der Waals surface area contributed by atoms with Crippen LogP contribution in [0.5, 0.6) is 0 Å². The maximum absolute atomic E-state index is 13.3. The SMILES string of the molecule is CN(C)C[C@H]1CCCCN1C(=O)c1cc(C2CC2)n([C@@H]2CCS(=O)(=O)C2)n1. The van der Waals surface area contributed by atoms with Crippen LogP contribution in [0, 0.1) is 0 Å². The summed E-state index contributed by atoms with van der Waals surface area (Å²) in [6.45, 7) is 1.64. The van der Waals surface area contributed by atoms with Gasteiger partial charge in [-0.3, -0.25) is 9.48 Å². The summed E-state index contributed by atoms with van der Waals surface area (Å²) >= 11 is 0. The number of likely N-dealkylation sites (tertiary alicyclic amines) is 1. The van der Waals surface area contributed by atoms with Crippen molar-refractivity contribution in [2.45, 2.75) is 56.5 Å². The molecule has 1 saturated carbocycles. The van der Waals surface area contributed by atoms with Crippen LogP contribution in [0.2, 0.25) is 0 Å². The van der Waals surface area contributed by atoms with E-state index in [1.165, 1.54) is 0 Å². The maximum atomic E-state index is 13.3. The molecule has 0 bridgehead atoms. The van der Waals surface area contributed by atoms with E-state index in [9.17, 15) is 13.2 Å². The molecule has 27 heavy (non-hydrogen) atoms. The van der Waals surface area contributed by atoms with Crippen molar-refractivity contribution in [1.29, 1.82) is 0 Å². The number of carbonyl (C=O) groups is 1. The lowest BCUT2D eigenvalue weighted by Crippen LogP contribution is -2.48. The summed E-state index contributed by atoms with van der Waals surface area (Å²) in [4.78, 5) is 17.4. The Labute approximate surface area is 161 Å². The first kappa shape index (κ1) is 18.9. The second-order valence-corrected chi connectivity index (χ2v) is 10.9. The van der Waals surface area contributed by atoms with E-state index in [4.69, 9.17) is 0 Å². The van der Waals surface area contributed by atoms with E-state index >= 15 is 0 Å². The molecule has 0 aromatic carbocycles. The van der Waals surface area contributed by atoms with Gasteiger partial charge in [-0.05, 0) is 58.7 Å². The van der Waals surface area contributed by atoms with Gasteiger partial charge >= 0.3 is 0 Å². The van der Waals surface area contributed by atoms with Gasteiger partial charge in [0.1, 0.15) is 0 Å². The second kappa shape index (κ2) is 7.20. The Morgan fingerprint density at radius 3 is 2.63 bits per heavy atom. The molecule has 7 nitrogen and oxygen atoms in total. The lowest BCUT2D eigenvalue weighted by atomic mass is 10.0. The minimum Gasteiger partial charge on any atom is -0.333 e. The number of aromatic nitrogens is 2. The van der Waals surface area contributed by atoms with Crippen LogP contribution in [0.1, 0.15) is 66.7 Å². The highest BCUT2D eigenvalue weighted by Gasteiger charge is 2.37. The van der Waals surface area contributed by atoms with Crippen molar-refractivity contribution < 1.29 is 13.2 Å². The molecule has 3 aliphatic rings. The molecule has 150 valence electrons. The summed E-state index contributed by atoms with van der Waals surface area (Å²) < 4.78 is 25.7. The number of amides is 1. The molecule has 0 spiro atoms. The molecule has 0 radical (unpaired) electrons. The Hall–Kier alpha value is -1.41. The number of nitrogens with zero attached hydrogens (tertiary/aromatic N) is 4. The van der Waals surface area contributed by atoms with Crippen LogP contribution in [-0.2, 0) is 9.84 Å². The molecule has 8 heteroatoms. The lowest BCUT2D eigenvalue weighted by molar-refractivity contribution is 0.0567. The van der Waals surface area contributed by atoms with E-state index < -0.39 is 9.84 Å². The molecule has 1 aromatic heterocycles. The van der Waals surface area contributed by atoms with Gasteiger partial charge in [0.25, 0.3) is 5.91 Å². The van der Waals surface area contributed by atoms with Gasteiger partial charge in [-0.15, -0.1) is 0 Å². The van der Waals surface area contributed by atoms with Crippen molar-refractivity contribution >= 4 is 15.7 Å². The van der Waals surface area contributed by atoms with Crippen LogP contribution < -0.4 is 0 Å². The zero-order valence-electron chi connectivity index (χ0n) is 16.3. The van der Waals surface area contributed by atoms with Crippen molar-refractivity contribution in [2.75, 3.05) is 38.7 Å². The maximum Gasteiger partial charge on any atom is 0.274 e. The highest BCUT2D eigenvalue weighted by atomic mass is 32.2. The zero-order chi connectivity index (χ0) is 19.2. The molecule has 3 heterocycles. The molecule has 1 amide bonds. The molecule has 2 saturated heterocycles. The molecule has 1 aromatic rings. The van der Waals surface area contributed by atoms with Crippen LogP contribution >= 0.6 is 0 Å². The predicted molar refractivity (Wildman–Crippen MR) is 104 cm³/mol. The number of rotatable bonds is 5. The fraction of sp³-hybridized carbons (Fsp3) is 0.789. The van der Waals surface area contributed by atoms with Crippen molar-refractivity contribution in [3.63, 3.8) is 0 Å². The second-order valence-electron chi connectivity index (χ2n) is 8.64. The normalized spacial score (nSPS) is 28.0. The zero-order valence-corrected chi connectivity index (χ0v) is 17.1. The Balaban J connectivity index is 1.59. The van der Waals surface area contributed by atoms with Gasteiger partial charge < -0.3 is 9.80 Å². The van der Waals surface area contributed by atoms with Crippen molar-refractivity contribution in [3.05, 3.63) is 17.5 Å². The number of carbonyl (C=O) groups excluding carboxylic acids is 1. The minimum absolute atomic E-state index is 0.00283. The standard InChI is InChI=1S/C19H30N4O3S/c1-21(2)12-15-5-3-4-9-22(15)19(24)17-11-18(14-6-7-14)23(20-17)16-8-10-27(25,26)13-16/h11,14-16H,3-10,12-13H2,1-2H3/t15-,16-/m1/s1. The van der Waals surface area contributed by atoms with Crippen LogP contribution in [-0.4, -0.2) is 78.6 Å². The quantitative estimate of drug-likeness (QED) is 0.759. The first-order chi connectivity index (χ1) is 12.8. The molecular formula is C19H30N4O3S. The molecular weight excluding hydrogens is 364 g/mol. The first-order valence-corrected chi connectivity index (χ1v) is 11.9. The summed E-state index contributed by atoms with van der Waals surface area (Å²) in [7, 11) is 1.10. The largest absolute Gasteiger partial charge is 0.333 e. The predicted octanol–water partition coefficient (Wildman–Crippen LogP) is 1.68. The van der Waals surface area contributed by atoms with Gasteiger partial charge in [0.15, 0.2) is 15.5 Å². The van der Waals surface area contributed by atoms with Gasteiger partial charge in [0.2, 0.25) is 0 Å². The minimum atomic E-state index is -2.98. The van der Waals surface area contributed by atoms with E-state index in [0.29, 0.717) is 18.0 Å². The molecule has 4 rings (SSSR count). The molecule has 2 atom stereocenters. The highest BCUT2D eigenvalue weighted by Crippen LogP contribution is 2.42. The number of sulfone groups is 1. The van der Waals surface area contributed by atoms with Gasteiger partial charge in [0, 0.05) is 30.7 Å². The molecule has 3 fully saturated rings. The Kier molecular flexibility index (Phi) is 5.05. The van der Waals surface area contributed by atoms with Gasteiger partial charge in [-0.1, -0.05) is 0 Å². The highest BCUT2D eigenvalue weighted by molar-refractivity contribution is 7.91. The van der Waals surface area contributed by atoms with Gasteiger partial charge in [-0.2, -0.15) is 5.10 Å². The summed E-state index contributed by atoms with van der Waals surface area (Å²) in [5.74, 6) is 0.807. The number of piperidine rings is 1.